The smallest absolute Gasteiger partial charge is 0.276 e. The largest absolute Gasteiger partial charge is 0.504 e. The number of benzene rings is 2. The van der Waals surface area contributed by atoms with Crippen LogP contribution < -0.4 is 9.57 Å². The molecule has 0 spiro atoms. The maximum atomic E-state index is 11.9. The Morgan fingerprint density at radius 1 is 1.19 bits per heavy atom. The Balaban J connectivity index is 2.12. The molecule has 0 fully saturated rings. The number of hydrazone groups is 1. The fraction of sp³-hybridized carbons (Fsp3) is 0.0714. The van der Waals surface area contributed by atoms with Gasteiger partial charge in [-0.2, -0.15) is 13.5 Å². The number of nitrogens with one attached hydrogen (secondary N) is 1. The van der Waals surface area contributed by atoms with Gasteiger partial charge in [-0.3, -0.25) is 0 Å². The van der Waals surface area contributed by atoms with Crippen LogP contribution in [0.5, 0.6) is 11.5 Å². The molecule has 6 nitrogen and oxygen atoms in total. The standard InChI is InChI=1S/C14H14N2O4S/c1-20-14-9-11(7-8-13(14)17)10-15-16-21(18,19)12-5-3-2-4-6-12/h2-10,16-17H,1H3/b15-10-. The lowest BCUT2D eigenvalue weighted by Gasteiger charge is -2.04. The Hall–Kier alpha value is -2.54. The zero-order valence-electron chi connectivity index (χ0n) is 11.2. The molecule has 0 atom stereocenters. The quantitative estimate of drug-likeness (QED) is 0.650. The predicted octanol–water partition coefficient (Wildman–Crippen LogP) is 1.71. The summed E-state index contributed by atoms with van der Waals surface area (Å²) in [5.41, 5.74) is 0.584. The van der Waals surface area contributed by atoms with Crippen molar-refractivity contribution in [3.8, 4) is 11.5 Å². The van der Waals surface area contributed by atoms with Gasteiger partial charge in [0.05, 0.1) is 18.2 Å². The average molecular weight is 306 g/mol. The molecule has 0 amide bonds. The van der Waals surface area contributed by atoms with Gasteiger partial charge in [0.2, 0.25) is 0 Å². The second-order valence-corrected chi connectivity index (χ2v) is 5.76. The van der Waals surface area contributed by atoms with Gasteiger partial charge in [-0.25, -0.2) is 4.83 Å². The third-order valence-electron chi connectivity index (χ3n) is 2.64. The first-order valence-electron chi connectivity index (χ1n) is 6.00. The van der Waals surface area contributed by atoms with E-state index in [4.69, 9.17) is 4.74 Å². The monoisotopic (exact) mass is 306 g/mol. The lowest BCUT2D eigenvalue weighted by atomic mass is 10.2. The highest BCUT2D eigenvalue weighted by molar-refractivity contribution is 7.89. The van der Waals surface area contributed by atoms with Gasteiger partial charge in [0.1, 0.15) is 0 Å². The third-order valence-corrected chi connectivity index (χ3v) is 3.88. The van der Waals surface area contributed by atoms with E-state index in [0.717, 1.165) is 0 Å². The Labute approximate surface area is 122 Å². The van der Waals surface area contributed by atoms with Crippen LogP contribution in [0.25, 0.3) is 0 Å². The van der Waals surface area contributed by atoms with E-state index in [1.807, 2.05) is 0 Å². The lowest BCUT2D eigenvalue weighted by Crippen LogP contribution is -2.18. The van der Waals surface area contributed by atoms with Crippen LogP contribution in [-0.4, -0.2) is 26.8 Å². The van der Waals surface area contributed by atoms with E-state index in [0.29, 0.717) is 5.56 Å². The molecule has 0 unspecified atom stereocenters. The molecule has 2 N–H and O–H groups in total. The lowest BCUT2D eigenvalue weighted by molar-refractivity contribution is 0.373. The molecule has 0 saturated heterocycles. The summed E-state index contributed by atoms with van der Waals surface area (Å²) < 4.78 is 28.8. The van der Waals surface area contributed by atoms with Crippen LogP contribution in [0.1, 0.15) is 5.56 Å². The summed E-state index contributed by atoms with van der Waals surface area (Å²) in [5, 5.41) is 13.2. The minimum atomic E-state index is -3.68. The van der Waals surface area contributed by atoms with E-state index >= 15 is 0 Å². The Morgan fingerprint density at radius 3 is 2.57 bits per heavy atom. The van der Waals surface area contributed by atoms with Crippen molar-refractivity contribution in [1.82, 2.24) is 4.83 Å². The SMILES string of the molecule is COc1cc(/C=N\NS(=O)(=O)c2ccccc2)ccc1O. The number of methoxy groups -OCH3 is 1. The molecular weight excluding hydrogens is 292 g/mol. The molecule has 2 rings (SSSR count). The number of sulfonamides is 1. The fourth-order valence-electron chi connectivity index (χ4n) is 1.60. The highest BCUT2D eigenvalue weighted by Gasteiger charge is 2.11. The number of hydrogen-bond acceptors (Lipinski definition) is 5. The summed E-state index contributed by atoms with van der Waals surface area (Å²) >= 11 is 0. The molecule has 2 aromatic rings. The Bertz CT molecular complexity index is 743. The van der Waals surface area contributed by atoms with Crippen molar-refractivity contribution in [1.29, 1.82) is 0 Å². The minimum Gasteiger partial charge on any atom is -0.504 e. The number of nitrogens with zero attached hydrogens (tertiary/aromatic N) is 1. The zero-order valence-corrected chi connectivity index (χ0v) is 12.0. The van der Waals surface area contributed by atoms with Gasteiger partial charge in [0.15, 0.2) is 11.5 Å². The van der Waals surface area contributed by atoms with Gasteiger partial charge in [0, 0.05) is 0 Å². The van der Waals surface area contributed by atoms with Gasteiger partial charge in [0.25, 0.3) is 10.0 Å². The van der Waals surface area contributed by atoms with Crippen LogP contribution in [0.2, 0.25) is 0 Å². The van der Waals surface area contributed by atoms with Gasteiger partial charge < -0.3 is 9.84 Å². The first kappa shape index (κ1) is 14.9. The number of rotatable bonds is 5. The van der Waals surface area contributed by atoms with E-state index in [9.17, 15) is 13.5 Å². The fourth-order valence-corrected chi connectivity index (χ4v) is 2.41. The molecule has 0 saturated carbocycles. The number of aromatic hydroxyl groups is 1. The summed E-state index contributed by atoms with van der Waals surface area (Å²) in [6.45, 7) is 0. The van der Waals surface area contributed by atoms with Crippen LogP contribution >= 0.6 is 0 Å². The van der Waals surface area contributed by atoms with Crippen molar-refractivity contribution in [2.75, 3.05) is 7.11 Å². The van der Waals surface area contributed by atoms with Gasteiger partial charge >= 0.3 is 0 Å². The molecule has 0 radical (unpaired) electrons. The number of phenolic OH excluding ortho intramolecular Hbond substituents is 1. The van der Waals surface area contributed by atoms with Gasteiger partial charge in [-0.15, -0.1) is 0 Å². The number of ether oxygens (including phenoxy) is 1. The Morgan fingerprint density at radius 2 is 1.90 bits per heavy atom. The van der Waals surface area contributed by atoms with Crippen LogP contribution in [-0.2, 0) is 10.0 Å². The van der Waals surface area contributed by atoms with Crippen LogP contribution in [0, 0.1) is 0 Å². The molecule has 0 aliphatic carbocycles. The highest BCUT2D eigenvalue weighted by Crippen LogP contribution is 2.25. The topological polar surface area (TPSA) is 88.0 Å². The van der Waals surface area contributed by atoms with Crippen molar-refractivity contribution in [3.63, 3.8) is 0 Å². The summed E-state index contributed by atoms with van der Waals surface area (Å²) in [5.74, 6) is 0.282. The van der Waals surface area contributed by atoms with E-state index in [2.05, 4.69) is 9.93 Å². The molecule has 2 aromatic carbocycles. The van der Waals surface area contributed by atoms with E-state index in [-0.39, 0.29) is 16.4 Å². The van der Waals surface area contributed by atoms with Crippen LogP contribution in [0.3, 0.4) is 0 Å². The van der Waals surface area contributed by atoms with Crippen molar-refractivity contribution < 1.29 is 18.3 Å². The van der Waals surface area contributed by atoms with E-state index in [1.54, 1.807) is 24.3 Å². The molecule has 21 heavy (non-hydrogen) atoms. The molecule has 0 aliphatic heterocycles. The maximum absolute atomic E-state index is 11.9. The van der Waals surface area contributed by atoms with Gasteiger partial charge in [-0.1, -0.05) is 18.2 Å². The summed E-state index contributed by atoms with van der Waals surface area (Å²) in [6, 6.07) is 12.5. The van der Waals surface area contributed by atoms with Crippen molar-refractivity contribution in [2.24, 2.45) is 5.10 Å². The van der Waals surface area contributed by atoms with E-state index < -0.39 is 10.0 Å². The second-order valence-electron chi connectivity index (χ2n) is 4.10. The normalized spacial score (nSPS) is 11.5. The van der Waals surface area contributed by atoms with Crippen LogP contribution in [0.4, 0.5) is 0 Å². The van der Waals surface area contributed by atoms with Crippen molar-refractivity contribution >= 4 is 16.2 Å². The summed E-state index contributed by atoms with van der Waals surface area (Å²) in [7, 11) is -2.26. The van der Waals surface area contributed by atoms with E-state index in [1.165, 1.54) is 37.6 Å². The second kappa shape index (κ2) is 6.27. The molecule has 0 bridgehead atoms. The first-order chi connectivity index (χ1) is 10.0. The first-order valence-corrected chi connectivity index (χ1v) is 7.48. The Kier molecular flexibility index (Phi) is 4.44. The van der Waals surface area contributed by atoms with Gasteiger partial charge in [-0.05, 0) is 35.9 Å². The minimum absolute atomic E-state index is 0.000448. The predicted molar refractivity (Wildman–Crippen MR) is 79.0 cm³/mol. The number of hydrogen-bond donors (Lipinski definition) is 2. The number of phenols is 1. The highest BCUT2D eigenvalue weighted by atomic mass is 32.2. The molecule has 0 aliphatic rings. The molecule has 7 heteroatoms. The molecule has 0 heterocycles. The molecule has 0 aromatic heterocycles. The maximum Gasteiger partial charge on any atom is 0.276 e. The molecular formula is C14H14N2O4S. The van der Waals surface area contributed by atoms with Crippen molar-refractivity contribution in [2.45, 2.75) is 4.90 Å². The zero-order chi connectivity index (χ0) is 15.3. The van der Waals surface area contributed by atoms with Crippen molar-refractivity contribution in [3.05, 3.63) is 54.1 Å². The third kappa shape index (κ3) is 3.73. The molecule has 110 valence electrons. The van der Waals surface area contributed by atoms with Crippen LogP contribution in [0.15, 0.2) is 58.5 Å². The summed E-state index contributed by atoms with van der Waals surface area (Å²) in [4.78, 5) is 2.24. The summed E-state index contributed by atoms with van der Waals surface area (Å²) in [6.07, 6.45) is 1.32. The average Bonchev–Trinajstić information content (AvgIpc) is 2.49.